The Bertz CT molecular complexity index is 1180. The first kappa shape index (κ1) is 36.3. The molecule has 5 heterocycles. The summed E-state index contributed by atoms with van der Waals surface area (Å²) in [5, 5.41) is 0.273. The van der Waals surface area contributed by atoms with E-state index in [4.69, 9.17) is 21.1 Å². The van der Waals surface area contributed by atoms with Gasteiger partial charge in [-0.2, -0.15) is 4.98 Å². The van der Waals surface area contributed by atoms with Crippen molar-refractivity contribution in [1.82, 2.24) is 24.7 Å². The van der Waals surface area contributed by atoms with Crippen molar-refractivity contribution in [2.45, 2.75) is 86.3 Å². The molecule has 0 atom stereocenters. The second kappa shape index (κ2) is 17.5. The van der Waals surface area contributed by atoms with Gasteiger partial charge in [-0.15, -0.1) is 11.3 Å². The van der Waals surface area contributed by atoms with Gasteiger partial charge in [-0.3, -0.25) is 9.69 Å². The molecule has 0 spiro atoms. The number of anilines is 1. The van der Waals surface area contributed by atoms with Gasteiger partial charge in [-0.25, -0.2) is 9.78 Å². The van der Waals surface area contributed by atoms with E-state index in [0.717, 1.165) is 61.6 Å². The zero-order valence-electron chi connectivity index (χ0n) is 27.9. The quantitative estimate of drug-likeness (QED) is 0.355. The Morgan fingerprint density at radius 1 is 0.932 bits per heavy atom. The van der Waals surface area contributed by atoms with Crippen molar-refractivity contribution in [3.8, 4) is 0 Å². The smallest absolute Gasteiger partial charge is 0.410 e. The number of aromatic nitrogens is 2. The van der Waals surface area contributed by atoms with Crippen molar-refractivity contribution >= 4 is 51.0 Å². The number of piperidine rings is 1. The Morgan fingerprint density at radius 2 is 1.50 bits per heavy atom. The van der Waals surface area contributed by atoms with Gasteiger partial charge in [0.15, 0.2) is 5.82 Å². The fraction of sp³-hybridized carbons (Fsp3) is 0.750. The van der Waals surface area contributed by atoms with E-state index in [1.165, 1.54) is 17.7 Å². The van der Waals surface area contributed by atoms with E-state index in [9.17, 15) is 9.59 Å². The predicted molar refractivity (Wildman–Crippen MR) is 180 cm³/mol. The van der Waals surface area contributed by atoms with Crippen molar-refractivity contribution in [1.29, 1.82) is 0 Å². The summed E-state index contributed by atoms with van der Waals surface area (Å²) >= 11 is 7.99. The average Bonchev–Trinajstić information content (AvgIpc) is 3.39. The number of hydrogen-bond acceptors (Lipinski definition) is 9. The number of halogens is 1. The topological polar surface area (TPSA) is 91.3 Å². The molecule has 0 aromatic carbocycles. The van der Waals surface area contributed by atoms with Gasteiger partial charge in [0.1, 0.15) is 5.60 Å². The predicted octanol–water partition coefficient (Wildman–Crippen LogP) is 6.31. The fourth-order valence-corrected chi connectivity index (χ4v) is 6.58. The third-order valence-electron chi connectivity index (χ3n) is 7.25. The molecule has 44 heavy (non-hydrogen) atoms. The summed E-state index contributed by atoms with van der Waals surface area (Å²) in [4.78, 5) is 44.0. The van der Waals surface area contributed by atoms with E-state index in [0.29, 0.717) is 39.4 Å². The van der Waals surface area contributed by atoms with Crippen LogP contribution >= 0.6 is 22.9 Å². The molecule has 2 aromatic heterocycles. The number of amides is 2. The highest BCUT2D eigenvalue weighted by Crippen LogP contribution is 2.34. The summed E-state index contributed by atoms with van der Waals surface area (Å²) in [7, 11) is 0. The molecule has 0 saturated carbocycles. The number of fused-ring (bicyclic) bond motifs is 1. The lowest BCUT2D eigenvalue weighted by atomic mass is 9.95. The van der Waals surface area contributed by atoms with Crippen LogP contribution in [0.1, 0.15) is 79.0 Å². The molecule has 248 valence electrons. The zero-order chi connectivity index (χ0) is 32.3. The molecule has 0 N–H and O–H groups in total. The third kappa shape index (κ3) is 10.7. The molecular formula is C32H53ClN6O4S. The monoisotopic (exact) mass is 652 g/mol. The van der Waals surface area contributed by atoms with Gasteiger partial charge in [0.2, 0.25) is 11.2 Å². The number of carbonyl (C=O) groups is 2. The van der Waals surface area contributed by atoms with Gasteiger partial charge in [-0.05, 0) is 64.4 Å². The molecule has 0 bridgehead atoms. The van der Waals surface area contributed by atoms with Crippen LogP contribution in [0.4, 0.5) is 10.6 Å². The van der Waals surface area contributed by atoms with Crippen molar-refractivity contribution in [2.75, 3.05) is 70.5 Å². The van der Waals surface area contributed by atoms with Crippen molar-refractivity contribution in [3.63, 3.8) is 0 Å². The highest BCUT2D eigenvalue weighted by molar-refractivity contribution is 7.19. The fourth-order valence-electron chi connectivity index (χ4n) is 5.26. The van der Waals surface area contributed by atoms with Gasteiger partial charge >= 0.3 is 6.09 Å². The Balaban J connectivity index is 0.000000816. The van der Waals surface area contributed by atoms with Crippen molar-refractivity contribution < 1.29 is 19.1 Å². The van der Waals surface area contributed by atoms with Gasteiger partial charge < -0.3 is 24.2 Å². The highest BCUT2D eigenvalue weighted by Gasteiger charge is 2.32. The molecule has 3 aliphatic heterocycles. The summed E-state index contributed by atoms with van der Waals surface area (Å²) in [5.74, 6) is 1.16. The number of hydrogen-bond donors (Lipinski definition) is 0. The first-order valence-corrected chi connectivity index (χ1v) is 17.5. The van der Waals surface area contributed by atoms with Crippen LogP contribution < -0.4 is 4.90 Å². The molecule has 5 rings (SSSR count). The minimum Gasteiger partial charge on any atom is -0.444 e. The summed E-state index contributed by atoms with van der Waals surface area (Å²) < 4.78 is 12.0. The van der Waals surface area contributed by atoms with Crippen LogP contribution in [0.25, 0.3) is 10.2 Å². The van der Waals surface area contributed by atoms with Crippen LogP contribution in [0, 0.1) is 5.92 Å². The van der Waals surface area contributed by atoms with Crippen LogP contribution in [0.15, 0.2) is 6.07 Å². The lowest BCUT2D eigenvalue weighted by molar-refractivity contribution is -0.138. The summed E-state index contributed by atoms with van der Waals surface area (Å²) in [6, 6.07) is 2.12. The lowest BCUT2D eigenvalue weighted by Crippen LogP contribution is -2.53. The van der Waals surface area contributed by atoms with Gasteiger partial charge in [-0.1, -0.05) is 40.5 Å². The lowest BCUT2D eigenvalue weighted by Gasteiger charge is -2.38. The Morgan fingerprint density at radius 3 is 2.07 bits per heavy atom. The van der Waals surface area contributed by atoms with Gasteiger partial charge in [0.05, 0.1) is 23.4 Å². The first-order chi connectivity index (χ1) is 21.0. The maximum absolute atomic E-state index is 13.2. The van der Waals surface area contributed by atoms with E-state index < -0.39 is 5.60 Å². The van der Waals surface area contributed by atoms with Gasteiger partial charge in [0.25, 0.3) is 0 Å². The summed E-state index contributed by atoms with van der Waals surface area (Å²) in [6.45, 7) is 21.8. The van der Waals surface area contributed by atoms with E-state index in [2.05, 4.69) is 53.5 Å². The number of thiophene rings is 1. The van der Waals surface area contributed by atoms with Gasteiger partial charge in [0, 0.05) is 56.6 Å². The van der Waals surface area contributed by atoms with Crippen LogP contribution in [-0.2, 0) is 20.8 Å². The second-order valence-corrected chi connectivity index (χ2v) is 14.1. The molecule has 3 fully saturated rings. The number of rotatable bonds is 4. The van der Waals surface area contributed by atoms with E-state index in [-0.39, 0.29) is 23.2 Å². The molecule has 3 aliphatic rings. The number of likely N-dealkylation sites (tertiary alicyclic amines) is 1. The average molecular weight is 653 g/mol. The van der Waals surface area contributed by atoms with E-state index >= 15 is 0 Å². The summed E-state index contributed by atoms with van der Waals surface area (Å²) in [6.07, 6.45) is 3.89. The van der Waals surface area contributed by atoms with Crippen LogP contribution in [-0.4, -0.2) is 108 Å². The molecule has 10 nitrogen and oxygen atoms in total. The number of ether oxygens (including phenoxy) is 2. The molecule has 3 saturated heterocycles. The van der Waals surface area contributed by atoms with E-state index in [1.807, 2.05) is 25.7 Å². The minimum atomic E-state index is -0.515. The minimum absolute atomic E-state index is 0.0410. The SMILES string of the molecule is CC(C)(C)OC(=O)N1CCN(C(=O)C2CCN(Cc3cc4nc(Cl)nc(N5CCOCC5)c4s3)CC2)CC1.CCC.CCC. The standard InChI is InChI=1S/C26H37ClN6O4S.2C3H8/c1-26(2,3)37-25(35)33-10-8-32(9-11-33)23(34)18-4-6-30(7-5-18)17-19-16-20-21(38-19)22(29-24(27)28-20)31-12-14-36-15-13-31;2*1-3-2/h16,18H,4-15,17H2,1-3H3;2*3H2,1-2H3. The largest absolute Gasteiger partial charge is 0.444 e. The molecule has 0 unspecified atom stereocenters. The molecule has 2 aromatic rings. The highest BCUT2D eigenvalue weighted by atomic mass is 35.5. The first-order valence-electron chi connectivity index (χ1n) is 16.3. The molecule has 12 heteroatoms. The molecule has 0 radical (unpaired) electrons. The Labute approximate surface area is 273 Å². The number of morpholine rings is 1. The van der Waals surface area contributed by atoms with Crippen LogP contribution in [0.5, 0.6) is 0 Å². The normalized spacial score (nSPS) is 18.3. The molecular weight excluding hydrogens is 600 g/mol. The maximum Gasteiger partial charge on any atom is 0.410 e. The molecule has 0 aliphatic carbocycles. The van der Waals surface area contributed by atoms with Crippen LogP contribution in [0.3, 0.4) is 0 Å². The Hall–Kier alpha value is -2.21. The van der Waals surface area contributed by atoms with Crippen molar-refractivity contribution in [3.05, 3.63) is 16.2 Å². The zero-order valence-corrected chi connectivity index (χ0v) is 29.4. The molecule has 2 amide bonds. The number of nitrogens with zero attached hydrogens (tertiary/aromatic N) is 6. The number of piperazine rings is 1. The number of carbonyl (C=O) groups excluding carboxylic acids is 2. The van der Waals surface area contributed by atoms with Crippen molar-refractivity contribution in [2.24, 2.45) is 5.92 Å². The second-order valence-electron chi connectivity index (χ2n) is 12.6. The van der Waals surface area contributed by atoms with Crippen LogP contribution in [0.2, 0.25) is 5.28 Å². The third-order valence-corrected chi connectivity index (χ3v) is 8.52. The Kier molecular flexibility index (Phi) is 14.4. The maximum atomic E-state index is 13.2. The summed E-state index contributed by atoms with van der Waals surface area (Å²) in [5.41, 5.74) is 0.376. The van der Waals surface area contributed by atoms with E-state index in [1.54, 1.807) is 16.2 Å².